The quantitative estimate of drug-likeness (QED) is 0.252. The molecular weight excluding hydrogens is 416 g/mol. The molecule has 33 heavy (non-hydrogen) atoms. The van der Waals surface area contributed by atoms with Gasteiger partial charge >= 0.3 is 0 Å². The van der Waals surface area contributed by atoms with Crippen LogP contribution in [0.4, 0.5) is 0 Å². The molecule has 0 atom stereocenters. The molecule has 0 bridgehead atoms. The van der Waals surface area contributed by atoms with E-state index in [0.717, 1.165) is 0 Å². The molecule has 0 amide bonds. The number of thiophene rings is 1. The average Bonchev–Trinajstić information content (AvgIpc) is 3.16. The molecule has 1 aromatic heterocycles. The molecule has 0 aliphatic rings. The van der Waals surface area contributed by atoms with Crippen molar-refractivity contribution in [3.05, 3.63) is 96.1 Å². The van der Waals surface area contributed by atoms with E-state index in [1.165, 1.54) is 53.6 Å². The molecule has 0 spiro atoms. The van der Waals surface area contributed by atoms with E-state index in [0.29, 0.717) is 0 Å². The maximum atomic E-state index is 2.39. The Morgan fingerprint density at radius 3 is 1.82 bits per heavy atom. The van der Waals surface area contributed by atoms with E-state index in [2.05, 4.69) is 126 Å². The van der Waals surface area contributed by atoms with Crippen LogP contribution < -0.4 is 0 Å². The molecule has 0 radical (unpaired) electrons. The fourth-order valence-corrected chi connectivity index (χ4v) is 5.74. The minimum atomic E-state index is 0.107. The predicted octanol–water partition coefficient (Wildman–Crippen LogP) is 9.98. The predicted molar refractivity (Wildman–Crippen MR) is 148 cm³/mol. The van der Waals surface area contributed by atoms with Crippen molar-refractivity contribution < 1.29 is 0 Å². The van der Waals surface area contributed by atoms with Crippen LogP contribution in [0.15, 0.2) is 84.9 Å². The van der Waals surface area contributed by atoms with Crippen molar-refractivity contribution in [3.63, 3.8) is 0 Å². The number of benzene rings is 4. The van der Waals surface area contributed by atoms with E-state index < -0.39 is 0 Å². The first-order valence-electron chi connectivity index (χ1n) is 11.8. The van der Waals surface area contributed by atoms with Gasteiger partial charge in [-0.05, 0) is 56.3 Å². The maximum Gasteiger partial charge on any atom is 0.0433 e. The first kappa shape index (κ1) is 21.9. The lowest BCUT2D eigenvalue weighted by Gasteiger charge is -2.26. The molecule has 5 rings (SSSR count). The fraction of sp³-hybridized carbons (Fsp3) is 0.250. The van der Waals surface area contributed by atoms with Gasteiger partial charge in [0.1, 0.15) is 0 Å². The molecule has 5 aromatic rings. The Morgan fingerprint density at radius 2 is 1.12 bits per heavy atom. The van der Waals surface area contributed by atoms with Crippen LogP contribution in [0.3, 0.4) is 0 Å². The highest BCUT2D eigenvalue weighted by molar-refractivity contribution is 7.26. The van der Waals surface area contributed by atoms with Crippen molar-refractivity contribution in [3.8, 4) is 22.3 Å². The van der Waals surface area contributed by atoms with Crippen molar-refractivity contribution in [1.82, 2.24) is 0 Å². The SMILES string of the molecule is CC(C)(C)c1cc(-c2cccc(-c3cccc4c3sc3ccccc34)c2)cc(C(C)(C)C)c1. The second kappa shape index (κ2) is 7.85. The van der Waals surface area contributed by atoms with Crippen LogP contribution in [-0.2, 0) is 10.8 Å². The molecule has 0 unspecified atom stereocenters. The standard InChI is InChI=1S/C32H32S/c1-31(2,3)24-18-23(19-25(20-24)32(4,5)6)21-11-9-12-22(17-21)26-14-10-15-28-27-13-7-8-16-29(27)33-30(26)28/h7-20H,1-6H3. The van der Waals surface area contributed by atoms with E-state index in [1.807, 2.05) is 11.3 Å². The van der Waals surface area contributed by atoms with Gasteiger partial charge in [0.25, 0.3) is 0 Å². The summed E-state index contributed by atoms with van der Waals surface area (Å²) in [6, 6.07) is 31.7. The van der Waals surface area contributed by atoms with Gasteiger partial charge in [-0.3, -0.25) is 0 Å². The molecule has 0 saturated carbocycles. The van der Waals surface area contributed by atoms with Gasteiger partial charge in [-0.2, -0.15) is 0 Å². The van der Waals surface area contributed by atoms with Crippen molar-refractivity contribution >= 4 is 31.5 Å². The Labute approximate surface area is 201 Å². The topological polar surface area (TPSA) is 0 Å². The highest BCUT2D eigenvalue weighted by Gasteiger charge is 2.21. The molecular formula is C32H32S. The van der Waals surface area contributed by atoms with Gasteiger partial charge in [0.15, 0.2) is 0 Å². The van der Waals surface area contributed by atoms with E-state index in [9.17, 15) is 0 Å². The zero-order chi connectivity index (χ0) is 23.4. The molecule has 1 heteroatoms. The van der Waals surface area contributed by atoms with Crippen molar-refractivity contribution in [1.29, 1.82) is 0 Å². The summed E-state index contributed by atoms with van der Waals surface area (Å²) in [7, 11) is 0. The zero-order valence-electron chi connectivity index (χ0n) is 20.5. The van der Waals surface area contributed by atoms with Gasteiger partial charge in [-0.15, -0.1) is 11.3 Å². The molecule has 0 aliphatic heterocycles. The van der Waals surface area contributed by atoms with Gasteiger partial charge in [0, 0.05) is 20.2 Å². The number of rotatable bonds is 2. The number of hydrogen-bond donors (Lipinski definition) is 0. The molecule has 0 saturated heterocycles. The molecule has 0 nitrogen and oxygen atoms in total. The summed E-state index contributed by atoms with van der Waals surface area (Å²) >= 11 is 1.90. The lowest BCUT2D eigenvalue weighted by molar-refractivity contribution is 0.569. The lowest BCUT2D eigenvalue weighted by Crippen LogP contribution is -2.16. The Kier molecular flexibility index (Phi) is 5.21. The molecule has 0 N–H and O–H groups in total. The summed E-state index contributed by atoms with van der Waals surface area (Å²) < 4.78 is 2.72. The van der Waals surface area contributed by atoms with Gasteiger partial charge in [0.2, 0.25) is 0 Å². The molecule has 166 valence electrons. The number of fused-ring (bicyclic) bond motifs is 3. The van der Waals surface area contributed by atoms with E-state index in [1.54, 1.807) is 0 Å². The normalized spacial score (nSPS) is 12.5. The summed E-state index contributed by atoms with van der Waals surface area (Å²) in [4.78, 5) is 0. The summed E-state index contributed by atoms with van der Waals surface area (Å²) in [5.74, 6) is 0. The zero-order valence-corrected chi connectivity index (χ0v) is 21.3. The van der Waals surface area contributed by atoms with Crippen molar-refractivity contribution in [2.75, 3.05) is 0 Å². The van der Waals surface area contributed by atoms with Crippen LogP contribution in [0, 0.1) is 0 Å². The van der Waals surface area contributed by atoms with E-state index >= 15 is 0 Å². The Hall–Kier alpha value is -2.90. The first-order valence-corrected chi connectivity index (χ1v) is 12.6. The lowest BCUT2D eigenvalue weighted by atomic mass is 9.79. The van der Waals surface area contributed by atoms with E-state index in [-0.39, 0.29) is 10.8 Å². The number of hydrogen-bond acceptors (Lipinski definition) is 1. The third-order valence-corrected chi connectivity index (χ3v) is 7.80. The summed E-state index contributed by atoms with van der Waals surface area (Å²) in [6.45, 7) is 13.8. The molecule has 1 heterocycles. The van der Waals surface area contributed by atoms with Crippen LogP contribution in [0.25, 0.3) is 42.4 Å². The Bertz CT molecular complexity index is 1440. The minimum absolute atomic E-state index is 0.107. The van der Waals surface area contributed by atoms with Gasteiger partial charge < -0.3 is 0 Å². The Balaban J connectivity index is 1.69. The van der Waals surface area contributed by atoms with E-state index in [4.69, 9.17) is 0 Å². The summed E-state index contributed by atoms with van der Waals surface area (Å²) in [5, 5.41) is 2.70. The van der Waals surface area contributed by atoms with Crippen LogP contribution >= 0.6 is 11.3 Å². The second-order valence-electron chi connectivity index (χ2n) is 11.2. The van der Waals surface area contributed by atoms with Crippen molar-refractivity contribution in [2.45, 2.75) is 52.4 Å². The average molecular weight is 449 g/mol. The molecule has 0 fully saturated rings. The third-order valence-electron chi connectivity index (χ3n) is 6.58. The Morgan fingerprint density at radius 1 is 0.515 bits per heavy atom. The van der Waals surface area contributed by atoms with Crippen LogP contribution in [-0.4, -0.2) is 0 Å². The third kappa shape index (κ3) is 4.11. The summed E-state index contributed by atoms with van der Waals surface area (Å²) in [5.41, 5.74) is 8.18. The fourth-order valence-electron chi connectivity index (χ4n) is 4.50. The highest BCUT2D eigenvalue weighted by atomic mass is 32.1. The minimum Gasteiger partial charge on any atom is -0.135 e. The van der Waals surface area contributed by atoms with Crippen LogP contribution in [0.5, 0.6) is 0 Å². The van der Waals surface area contributed by atoms with Gasteiger partial charge in [-0.1, -0.05) is 114 Å². The second-order valence-corrected chi connectivity index (χ2v) is 12.2. The smallest absolute Gasteiger partial charge is 0.0433 e. The van der Waals surface area contributed by atoms with Crippen LogP contribution in [0.1, 0.15) is 52.7 Å². The monoisotopic (exact) mass is 448 g/mol. The largest absolute Gasteiger partial charge is 0.135 e. The molecule has 4 aromatic carbocycles. The van der Waals surface area contributed by atoms with Crippen LogP contribution in [0.2, 0.25) is 0 Å². The highest BCUT2D eigenvalue weighted by Crippen LogP contribution is 2.41. The maximum absolute atomic E-state index is 2.39. The first-order chi connectivity index (χ1) is 15.6. The summed E-state index contributed by atoms with van der Waals surface area (Å²) in [6.07, 6.45) is 0. The van der Waals surface area contributed by atoms with Gasteiger partial charge in [0.05, 0.1) is 0 Å². The van der Waals surface area contributed by atoms with Crippen molar-refractivity contribution in [2.24, 2.45) is 0 Å². The van der Waals surface area contributed by atoms with Gasteiger partial charge in [-0.25, -0.2) is 0 Å². The molecule has 0 aliphatic carbocycles.